The first kappa shape index (κ1) is 25.4. The van der Waals surface area contributed by atoms with E-state index in [2.05, 4.69) is 18.7 Å². The van der Waals surface area contributed by atoms with Gasteiger partial charge in [-0.1, -0.05) is 37.0 Å². The van der Waals surface area contributed by atoms with E-state index in [9.17, 15) is 9.59 Å². The van der Waals surface area contributed by atoms with Gasteiger partial charge in [-0.2, -0.15) is 0 Å². The van der Waals surface area contributed by atoms with Gasteiger partial charge in [0.15, 0.2) is 6.73 Å². The molecule has 0 N–H and O–H groups in total. The molecule has 2 saturated heterocycles. The van der Waals surface area contributed by atoms with Crippen molar-refractivity contribution in [3.8, 4) is 5.75 Å². The van der Waals surface area contributed by atoms with Gasteiger partial charge in [0.05, 0.1) is 10.0 Å². The van der Waals surface area contributed by atoms with Crippen molar-refractivity contribution in [1.29, 1.82) is 0 Å². The van der Waals surface area contributed by atoms with E-state index in [0.717, 1.165) is 32.5 Å². The molecule has 7 nitrogen and oxygen atoms in total. The van der Waals surface area contributed by atoms with Crippen molar-refractivity contribution in [2.24, 2.45) is 5.92 Å². The van der Waals surface area contributed by atoms with E-state index in [4.69, 9.17) is 32.7 Å². The van der Waals surface area contributed by atoms with Gasteiger partial charge in [0.1, 0.15) is 24.0 Å². The van der Waals surface area contributed by atoms with Crippen LogP contribution in [-0.4, -0.2) is 71.4 Å². The van der Waals surface area contributed by atoms with Crippen LogP contribution in [0.3, 0.4) is 0 Å². The normalized spacial score (nSPS) is 19.9. The fourth-order valence-corrected chi connectivity index (χ4v) is 5.27. The number of likely N-dealkylation sites (tertiary alicyclic amines) is 1. The molecule has 1 amide bonds. The molecule has 32 heavy (non-hydrogen) atoms. The second kappa shape index (κ2) is 11.8. The summed E-state index contributed by atoms with van der Waals surface area (Å²) in [5, 5.41) is 0.301. The van der Waals surface area contributed by atoms with Gasteiger partial charge in [-0.05, 0) is 56.8 Å². The van der Waals surface area contributed by atoms with Gasteiger partial charge in [0, 0.05) is 25.7 Å². The monoisotopic (exact) mass is 503 g/mol. The summed E-state index contributed by atoms with van der Waals surface area (Å²) in [4.78, 5) is 27.8. The van der Waals surface area contributed by atoms with Gasteiger partial charge in [0.25, 0.3) is 5.91 Å². The summed E-state index contributed by atoms with van der Waals surface area (Å²) in [5.41, 5.74) is 0.0494. The Kier molecular flexibility index (Phi) is 9.37. The summed E-state index contributed by atoms with van der Waals surface area (Å²) in [6.07, 6.45) is 4.14. The van der Waals surface area contributed by atoms with Crippen LogP contribution in [0.15, 0.2) is 12.1 Å². The van der Waals surface area contributed by atoms with Crippen LogP contribution < -0.4 is 4.74 Å². The molecule has 10 heteroatoms. The van der Waals surface area contributed by atoms with Crippen LogP contribution in [0.2, 0.25) is 10.0 Å². The highest BCUT2D eigenvalue weighted by Crippen LogP contribution is 2.35. The summed E-state index contributed by atoms with van der Waals surface area (Å²) >= 11 is 13.9. The van der Waals surface area contributed by atoms with E-state index in [1.165, 1.54) is 29.3 Å². The lowest BCUT2D eigenvalue weighted by molar-refractivity contribution is -0.130. The second-order valence-corrected chi connectivity index (χ2v) is 10.5. The molecule has 0 saturated carbocycles. The molecule has 0 radical (unpaired) electrons. The maximum absolute atomic E-state index is 12.7. The SMILES string of the molecule is CC(C)CCC1C(=O)N(COC(=O)c2c(Cl)ccc(OCCN3CCCC3)c2Cl)SN1C. The lowest BCUT2D eigenvalue weighted by Gasteiger charge is -2.17. The number of esters is 1. The molecule has 2 heterocycles. The van der Waals surface area contributed by atoms with Crippen LogP contribution in [0, 0.1) is 5.92 Å². The van der Waals surface area contributed by atoms with E-state index in [-0.39, 0.29) is 34.3 Å². The molecule has 0 spiro atoms. The van der Waals surface area contributed by atoms with E-state index in [1.54, 1.807) is 12.1 Å². The zero-order valence-electron chi connectivity index (χ0n) is 18.8. The Hall–Kier alpha value is -1.19. The zero-order valence-corrected chi connectivity index (χ0v) is 21.1. The Labute approximate surface area is 204 Å². The van der Waals surface area contributed by atoms with E-state index >= 15 is 0 Å². The van der Waals surface area contributed by atoms with Gasteiger partial charge in [0.2, 0.25) is 0 Å². The maximum Gasteiger partial charge on any atom is 0.343 e. The first-order valence-electron chi connectivity index (χ1n) is 11.0. The minimum atomic E-state index is -0.688. The van der Waals surface area contributed by atoms with Crippen LogP contribution in [0.5, 0.6) is 5.75 Å². The van der Waals surface area contributed by atoms with Crippen LogP contribution >= 0.6 is 35.3 Å². The molecule has 1 aromatic carbocycles. The Bertz CT molecular complexity index is 821. The highest BCUT2D eigenvalue weighted by molar-refractivity contribution is 7.95. The summed E-state index contributed by atoms with van der Waals surface area (Å²) in [6, 6.07) is 3.00. The summed E-state index contributed by atoms with van der Waals surface area (Å²) in [5.74, 6) is 0.151. The predicted molar refractivity (Wildman–Crippen MR) is 128 cm³/mol. The molecule has 2 aliphatic heterocycles. The fourth-order valence-electron chi connectivity index (χ4n) is 3.77. The standard InChI is InChI=1S/C22H31Cl2N3O4S/c1-15(2)6-8-17-21(28)27(32-25(17)3)14-31-22(29)19-16(23)7-9-18(20(19)24)30-13-12-26-10-4-5-11-26/h7,9,15,17H,4-6,8,10-14H2,1-3H3. The number of hydrogen-bond donors (Lipinski definition) is 0. The molecule has 1 aromatic rings. The second-order valence-electron chi connectivity index (χ2n) is 8.52. The van der Waals surface area contributed by atoms with Gasteiger partial charge >= 0.3 is 5.97 Å². The predicted octanol–water partition coefficient (Wildman–Crippen LogP) is 4.72. The van der Waals surface area contributed by atoms with Gasteiger partial charge < -0.3 is 9.47 Å². The fraction of sp³-hybridized carbons (Fsp3) is 0.636. The topological polar surface area (TPSA) is 62.3 Å². The maximum atomic E-state index is 12.7. The summed E-state index contributed by atoms with van der Waals surface area (Å²) in [7, 11) is 1.87. The molecule has 0 aromatic heterocycles. The lowest BCUT2D eigenvalue weighted by Crippen LogP contribution is -2.33. The smallest absolute Gasteiger partial charge is 0.343 e. The number of likely N-dealkylation sites (N-methyl/N-ethyl adjacent to an activating group) is 1. The van der Waals surface area contributed by atoms with E-state index < -0.39 is 5.97 Å². The molecule has 3 rings (SSSR count). The quantitative estimate of drug-likeness (QED) is 0.337. The van der Waals surface area contributed by atoms with E-state index in [0.29, 0.717) is 18.3 Å². The molecule has 0 bridgehead atoms. The summed E-state index contributed by atoms with van der Waals surface area (Å²) in [6.45, 7) is 7.51. The Morgan fingerprint density at radius 3 is 2.66 bits per heavy atom. The van der Waals surface area contributed by atoms with Crippen molar-refractivity contribution >= 4 is 47.2 Å². The molecule has 1 atom stereocenters. The third-order valence-corrected chi connectivity index (χ3v) is 7.34. The largest absolute Gasteiger partial charge is 0.491 e. The number of ether oxygens (including phenoxy) is 2. The first-order chi connectivity index (χ1) is 15.3. The third-order valence-electron chi connectivity index (χ3n) is 5.65. The van der Waals surface area contributed by atoms with Crippen LogP contribution in [0.25, 0.3) is 0 Å². The van der Waals surface area contributed by atoms with Crippen LogP contribution in [0.1, 0.15) is 49.9 Å². The minimum absolute atomic E-state index is 0.0494. The first-order valence-corrected chi connectivity index (χ1v) is 12.5. The minimum Gasteiger partial charge on any atom is -0.491 e. The Morgan fingerprint density at radius 1 is 1.25 bits per heavy atom. The highest BCUT2D eigenvalue weighted by Gasteiger charge is 2.38. The van der Waals surface area contributed by atoms with E-state index in [1.807, 2.05) is 11.4 Å². The molecule has 2 aliphatic rings. The van der Waals surface area contributed by atoms with Crippen molar-refractivity contribution < 1.29 is 19.1 Å². The molecular weight excluding hydrogens is 473 g/mol. The lowest BCUT2D eigenvalue weighted by atomic mass is 10.0. The number of carbonyl (C=O) groups is 2. The van der Waals surface area contributed by atoms with Crippen LogP contribution in [-0.2, 0) is 9.53 Å². The molecule has 0 aliphatic carbocycles. The van der Waals surface area contributed by atoms with Crippen LogP contribution in [0.4, 0.5) is 0 Å². The average Bonchev–Trinajstić information content (AvgIpc) is 3.34. The van der Waals surface area contributed by atoms with Crippen molar-refractivity contribution in [2.75, 3.05) is 40.0 Å². The summed E-state index contributed by atoms with van der Waals surface area (Å²) < 4.78 is 14.5. The number of benzene rings is 1. The van der Waals surface area contributed by atoms with Crippen molar-refractivity contribution in [1.82, 2.24) is 13.5 Å². The zero-order chi connectivity index (χ0) is 23.3. The Balaban J connectivity index is 1.56. The number of nitrogens with zero attached hydrogens (tertiary/aromatic N) is 3. The number of hydrogen-bond acceptors (Lipinski definition) is 7. The molecule has 178 valence electrons. The number of amides is 1. The van der Waals surface area contributed by atoms with Crippen molar-refractivity contribution in [3.63, 3.8) is 0 Å². The number of halogens is 2. The molecule has 1 unspecified atom stereocenters. The Morgan fingerprint density at radius 2 is 1.97 bits per heavy atom. The van der Waals surface area contributed by atoms with Gasteiger partial charge in [-0.25, -0.2) is 13.4 Å². The van der Waals surface area contributed by atoms with Gasteiger partial charge in [-0.15, -0.1) is 0 Å². The third kappa shape index (κ3) is 6.44. The van der Waals surface area contributed by atoms with Crippen molar-refractivity contribution in [2.45, 2.75) is 45.6 Å². The molecule has 2 fully saturated rings. The highest BCUT2D eigenvalue weighted by atomic mass is 35.5. The van der Waals surface area contributed by atoms with Gasteiger partial charge in [-0.3, -0.25) is 9.69 Å². The number of carbonyl (C=O) groups excluding carboxylic acids is 2. The molecular formula is C22H31Cl2N3O4S. The average molecular weight is 504 g/mol. The number of rotatable bonds is 10. The van der Waals surface area contributed by atoms with Crippen molar-refractivity contribution in [3.05, 3.63) is 27.7 Å².